The van der Waals surface area contributed by atoms with E-state index in [0.29, 0.717) is 19.7 Å². The van der Waals surface area contributed by atoms with E-state index in [1.54, 1.807) is 11.8 Å². The molecule has 2 amide bonds. The van der Waals surface area contributed by atoms with Crippen LogP contribution in [0.25, 0.3) is 0 Å². The van der Waals surface area contributed by atoms with Crippen LogP contribution in [-0.2, 0) is 23.9 Å². The van der Waals surface area contributed by atoms with E-state index in [0.717, 1.165) is 38.5 Å². The molecule has 4 heterocycles. The highest BCUT2D eigenvalue weighted by Gasteiger charge is 2.72. The van der Waals surface area contributed by atoms with Gasteiger partial charge >= 0.3 is 5.97 Å². The third-order valence-electron chi connectivity index (χ3n) is 7.39. The quantitative estimate of drug-likeness (QED) is 0.369. The Kier molecular flexibility index (Phi) is 7.24. The first-order valence-electron chi connectivity index (χ1n) is 12.4. The number of nitrogens with zero attached hydrogens (tertiary/aromatic N) is 2. The van der Waals surface area contributed by atoms with Gasteiger partial charge in [0.05, 0.1) is 31.3 Å². The summed E-state index contributed by atoms with van der Waals surface area (Å²) in [5, 5.41) is 9.91. The molecule has 0 radical (unpaired) electrons. The Morgan fingerprint density at radius 1 is 1.18 bits per heavy atom. The van der Waals surface area contributed by atoms with Crippen molar-refractivity contribution in [3.8, 4) is 0 Å². The van der Waals surface area contributed by atoms with Gasteiger partial charge in [-0.25, -0.2) is 0 Å². The second-order valence-corrected chi connectivity index (χ2v) is 9.60. The molecule has 4 rings (SSSR count). The van der Waals surface area contributed by atoms with Crippen molar-refractivity contribution in [3.05, 3.63) is 24.3 Å². The molecular weight excluding hydrogens is 424 g/mol. The first-order chi connectivity index (χ1) is 16.0. The van der Waals surface area contributed by atoms with E-state index in [4.69, 9.17) is 9.47 Å². The van der Waals surface area contributed by atoms with E-state index in [-0.39, 0.29) is 18.4 Å². The third kappa shape index (κ3) is 4.12. The lowest BCUT2D eigenvalue weighted by Gasteiger charge is -2.37. The van der Waals surface area contributed by atoms with Crippen LogP contribution in [0.2, 0.25) is 0 Å². The molecule has 2 fully saturated rings. The number of likely N-dealkylation sites (tertiary alicyclic amines) is 1. The van der Waals surface area contributed by atoms with Gasteiger partial charge in [0.25, 0.3) is 0 Å². The summed E-state index contributed by atoms with van der Waals surface area (Å²) < 4.78 is 12.1. The zero-order chi connectivity index (χ0) is 23.6. The lowest BCUT2D eigenvalue weighted by molar-refractivity contribution is -0.156. The monoisotopic (exact) mass is 460 g/mol. The molecule has 4 aliphatic rings. The summed E-state index contributed by atoms with van der Waals surface area (Å²) in [6.07, 6.45) is 12.4. The van der Waals surface area contributed by atoms with Gasteiger partial charge in [-0.2, -0.15) is 0 Å². The largest absolute Gasteiger partial charge is 0.465 e. The van der Waals surface area contributed by atoms with E-state index in [2.05, 4.69) is 6.92 Å². The zero-order valence-electron chi connectivity index (χ0n) is 19.7. The molecule has 33 heavy (non-hydrogen) atoms. The number of cyclic esters (lactones) is 1. The minimum atomic E-state index is -1.26. The normalized spacial score (nSPS) is 36.0. The molecule has 1 spiro atoms. The van der Waals surface area contributed by atoms with Crippen molar-refractivity contribution in [2.45, 2.75) is 76.2 Å². The number of carbonyl (C=O) groups excluding carboxylic acids is 3. The lowest BCUT2D eigenvalue weighted by Crippen LogP contribution is -2.57. The van der Waals surface area contributed by atoms with Gasteiger partial charge in [-0.05, 0) is 32.6 Å². The summed E-state index contributed by atoms with van der Waals surface area (Å²) in [6, 6.07) is -1.50. The average molecular weight is 461 g/mol. The van der Waals surface area contributed by atoms with Gasteiger partial charge in [-0.15, -0.1) is 0 Å². The first-order valence-corrected chi connectivity index (χ1v) is 12.4. The highest BCUT2D eigenvalue weighted by Crippen LogP contribution is 2.53. The molecule has 8 heteroatoms. The van der Waals surface area contributed by atoms with E-state index in [1.165, 1.54) is 4.90 Å². The minimum Gasteiger partial charge on any atom is -0.465 e. The summed E-state index contributed by atoms with van der Waals surface area (Å²) >= 11 is 0. The maximum Gasteiger partial charge on any atom is 0.312 e. The fraction of sp³-hybridized carbons (Fsp3) is 0.720. The number of unbranched alkanes of at least 4 members (excludes halogenated alkanes) is 2. The van der Waals surface area contributed by atoms with Gasteiger partial charge in [0.15, 0.2) is 0 Å². The average Bonchev–Trinajstić information content (AvgIpc) is 3.20. The second-order valence-electron chi connectivity index (χ2n) is 9.60. The number of aliphatic hydroxyl groups is 1. The third-order valence-corrected chi connectivity index (χ3v) is 7.39. The summed E-state index contributed by atoms with van der Waals surface area (Å²) in [5.74, 6) is -2.66. The Balaban J connectivity index is 1.76. The number of esters is 1. The number of fused-ring (bicyclic) bond motifs is 2. The number of hydrogen-bond donors (Lipinski definition) is 1. The Hall–Kier alpha value is -2.19. The van der Waals surface area contributed by atoms with Gasteiger partial charge < -0.3 is 24.4 Å². The molecule has 0 aromatic rings. The Labute approximate surface area is 195 Å². The van der Waals surface area contributed by atoms with E-state index >= 15 is 0 Å². The van der Waals surface area contributed by atoms with Crippen LogP contribution in [0.4, 0.5) is 0 Å². The van der Waals surface area contributed by atoms with Crippen LogP contribution >= 0.6 is 0 Å². The summed E-state index contributed by atoms with van der Waals surface area (Å²) in [6.45, 7) is 4.89. The number of carbonyl (C=O) groups is 3. The highest BCUT2D eigenvalue weighted by atomic mass is 16.6. The topological polar surface area (TPSA) is 96.4 Å². The van der Waals surface area contributed by atoms with Crippen LogP contribution in [0.5, 0.6) is 0 Å². The Morgan fingerprint density at radius 2 is 2.00 bits per heavy atom. The molecular formula is C25H36N2O6. The molecule has 0 saturated carbocycles. The molecule has 182 valence electrons. The molecule has 0 bridgehead atoms. The van der Waals surface area contributed by atoms with Crippen LogP contribution in [0.1, 0.15) is 52.4 Å². The number of ether oxygens (including phenoxy) is 2. The zero-order valence-corrected chi connectivity index (χ0v) is 19.7. The fourth-order valence-electron chi connectivity index (χ4n) is 5.72. The van der Waals surface area contributed by atoms with E-state index in [9.17, 15) is 19.5 Å². The van der Waals surface area contributed by atoms with Crippen molar-refractivity contribution in [2.75, 3.05) is 26.3 Å². The molecule has 6 atom stereocenters. The molecule has 4 aliphatic heterocycles. The number of allylic oxidation sites excluding steroid dienone is 1. The predicted octanol–water partition coefficient (Wildman–Crippen LogP) is 1.82. The number of hydrogen-bond acceptors (Lipinski definition) is 6. The Morgan fingerprint density at radius 3 is 2.76 bits per heavy atom. The van der Waals surface area contributed by atoms with Crippen LogP contribution in [-0.4, -0.2) is 82.8 Å². The van der Waals surface area contributed by atoms with E-state index in [1.807, 2.05) is 24.3 Å². The number of rotatable bonds is 6. The smallest absolute Gasteiger partial charge is 0.312 e. The molecule has 0 aromatic carbocycles. The summed E-state index contributed by atoms with van der Waals surface area (Å²) in [7, 11) is 0. The van der Waals surface area contributed by atoms with Crippen molar-refractivity contribution in [1.82, 2.24) is 9.80 Å². The molecule has 8 nitrogen and oxygen atoms in total. The maximum atomic E-state index is 13.9. The first kappa shape index (κ1) is 24.0. The lowest BCUT2D eigenvalue weighted by atomic mass is 9.78. The van der Waals surface area contributed by atoms with Crippen molar-refractivity contribution >= 4 is 17.8 Å². The van der Waals surface area contributed by atoms with Crippen molar-refractivity contribution < 1.29 is 29.0 Å². The highest BCUT2D eigenvalue weighted by molar-refractivity contribution is 5.99. The Bertz CT molecular complexity index is 826. The van der Waals surface area contributed by atoms with Gasteiger partial charge in [0.2, 0.25) is 11.8 Å². The summed E-state index contributed by atoms with van der Waals surface area (Å²) in [4.78, 5) is 44.1. The SMILES string of the molecule is CCCCCN1CC=C[C@]23O[C@H]4/C=C\CCCCOC(=O)[C@H]4[C@H]2C(=O)N([C@H](C)CO)C3C1=O. The van der Waals surface area contributed by atoms with Crippen molar-refractivity contribution in [1.29, 1.82) is 0 Å². The van der Waals surface area contributed by atoms with Crippen LogP contribution < -0.4 is 0 Å². The van der Waals surface area contributed by atoms with Gasteiger partial charge in [-0.1, -0.05) is 44.1 Å². The standard InChI is InChI=1S/C25H36N2O6/c1-3-4-8-13-26-14-10-12-25-20(22(29)27(17(2)16-28)21(25)23(26)30)19-18(33-25)11-7-5-6-9-15-32-24(19)31/h7,10-12,17-21,28H,3-6,8-9,13-16H2,1-2H3/b11-7-/t17-,18+,19-,20+,21?,25+/m1/s1. The molecule has 2 saturated heterocycles. The van der Waals surface area contributed by atoms with Crippen LogP contribution in [0.15, 0.2) is 24.3 Å². The van der Waals surface area contributed by atoms with Gasteiger partial charge in [0, 0.05) is 13.1 Å². The second kappa shape index (κ2) is 9.97. The van der Waals surface area contributed by atoms with Crippen LogP contribution in [0, 0.1) is 11.8 Å². The number of amides is 2. The van der Waals surface area contributed by atoms with E-state index < -0.39 is 41.6 Å². The van der Waals surface area contributed by atoms with Crippen LogP contribution in [0.3, 0.4) is 0 Å². The number of aliphatic hydroxyl groups excluding tert-OH is 1. The molecule has 0 aromatic heterocycles. The maximum absolute atomic E-state index is 13.9. The molecule has 1 unspecified atom stereocenters. The molecule has 1 N–H and O–H groups in total. The van der Waals surface area contributed by atoms with Gasteiger partial charge in [-0.3, -0.25) is 14.4 Å². The fourth-order valence-corrected chi connectivity index (χ4v) is 5.72. The van der Waals surface area contributed by atoms with Crippen molar-refractivity contribution in [3.63, 3.8) is 0 Å². The summed E-state index contributed by atoms with van der Waals surface area (Å²) in [5.41, 5.74) is -1.26. The van der Waals surface area contributed by atoms with Crippen molar-refractivity contribution in [2.24, 2.45) is 11.8 Å². The van der Waals surface area contributed by atoms with Gasteiger partial charge in [0.1, 0.15) is 17.6 Å². The predicted molar refractivity (Wildman–Crippen MR) is 121 cm³/mol. The molecule has 0 aliphatic carbocycles. The minimum absolute atomic E-state index is 0.187.